The Labute approximate surface area is 134 Å². The molecule has 6 nitrogen and oxygen atoms in total. The fourth-order valence-corrected chi connectivity index (χ4v) is 3.18. The summed E-state index contributed by atoms with van der Waals surface area (Å²) in [5.74, 6) is -0.291. The van der Waals surface area contributed by atoms with Gasteiger partial charge in [0.25, 0.3) is 0 Å². The van der Waals surface area contributed by atoms with Crippen LogP contribution in [0.4, 0.5) is 5.69 Å². The zero-order chi connectivity index (χ0) is 16.2. The minimum atomic E-state index is -0.548. The molecule has 0 amide bonds. The molecule has 1 N–H and O–H groups in total. The topological polar surface area (TPSA) is 79.5 Å². The predicted octanol–water partition coefficient (Wildman–Crippen LogP) is 3.42. The Morgan fingerprint density at radius 1 is 1.35 bits per heavy atom. The highest BCUT2D eigenvalue weighted by molar-refractivity contribution is 5.47. The SMILES string of the molecule is O=[N+]([O-])c1cc(CN2CCCC[C@@H]2c2cccnc2)ccc1O. The van der Waals surface area contributed by atoms with Crippen molar-refractivity contribution in [2.45, 2.75) is 31.8 Å². The molecule has 120 valence electrons. The highest BCUT2D eigenvalue weighted by Crippen LogP contribution is 2.33. The van der Waals surface area contributed by atoms with E-state index in [0.717, 1.165) is 24.9 Å². The zero-order valence-electron chi connectivity index (χ0n) is 12.8. The molecule has 1 saturated heterocycles. The maximum absolute atomic E-state index is 11.0. The van der Waals surface area contributed by atoms with Crippen molar-refractivity contribution >= 4 is 5.69 Å². The molecule has 0 unspecified atom stereocenters. The van der Waals surface area contributed by atoms with E-state index in [1.165, 1.54) is 24.1 Å². The average molecular weight is 313 g/mol. The van der Waals surface area contributed by atoms with Crippen LogP contribution in [0.5, 0.6) is 5.75 Å². The Morgan fingerprint density at radius 3 is 2.96 bits per heavy atom. The molecule has 2 heterocycles. The molecule has 0 bridgehead atoms. The number of hydrogen-bond acceptors (Lipinski definition) is 5. The maximum atomic E-state index is 11.0. The van der Waals surface area contributed by atoms with Gasteiger partial charge in [-0.25, -0.2) is 0 Å². The van der Waals surface area contributed by atoms with Gasteiger partial charge < -0.3 is 5.11 Å². The first kappa shape index (κ1) is 15.4. The molecule has 0 saturated carbocycles. The molecule has 0 aliphatic carbocycles. The van der Waals surface area contributed by atoms with Crippen LogP contribution in [0.3, 0.4) is 0 Å². The van der Waals surface area contributed by atoms with Gasteiger partial charge >= 0.3 is 5.69 Å². The van der Waals surface area contributed by atoms with Gasteiger partial charge in [0.15, 0.2) is 5.75 Å². The van der Waals surface area contributed by atoms with E-state index in [-0.39, 0.29) is 17.5 Å². The monoisotopic (exact) mass is 313 g/mol. The normalized spacial score (nSPS) is 18.7. The second-order valence-electron chi connectivity index (χ2n) is 5.85. The lowest BCUT2D eigenvalue weighted by molar-refractivity contribution is -0.385. The Bertz CT molecular complexity index is 691. The van der Waals surface area contributed by atoms with E-state index < -0.39 is 4.92 Å². The Kier molecular flexibility index (Phi) is 4.52. The fraction of sp³-hybridized carbons (Fsp3) is 0.353. The molecule has 1 aliphatic rings. The number of nitro groups is 1. The second-order valence-corrected chi connectivity index (χ2v) is 5.85. The third kappa shape index (κ3) is 3.48. The summed E-state index contributed by atoms with van der Waals surface area (Å²) < 4.78 is 0. The Morgan fingerprint density at radius 2 is 2.22 bits per heavy atom. The number of aromatic nitrogens is 1. The van der Waals surface area contributed by atoms with Gasteiger partial charge in [-0.1, -0.05) is 18.6 Å². The van der Waals surface area contributed by atoms with E-state index in [4.69, 9.17) is 0 Å². The minimum Gasteiger partial charge on any atom is -0.502 e. The van der Waals surface area contributed by atoms with Crippen LogP contribution < -0.4 is 0 Å². The highest BCUT2D eigenvalue weighted by Gasteiger charge is 2.25. The number of pyridine rings is 1. The first-order valence-electron chi connectivity index (χ1n) is 7.75. The number of benzene rings is 1. The molecule has 0 radical (unpaired) electrons. The van der Waals surface area contributed by atoms with Crippen LogP contribution in [0, 0.1) is 10.1 Å². The number of nitrogens with zero attached hydrogens (tertiary/aromatic N) is 3. The largest absolute Gasteiger partial charge is 0.502 e. The number of phenolic OH excluding ortho intramolecular Hbond substituents is 1. The van der Waals surface area contributed by atoms with Crippen molar-refractivity contribution in [2.75, 3.05) is 6.54 Å². The first-order valence-corrected chi connectivity index (χ1v) is 7.75. The fourth-order valence-electron chi connectivity index (χ4n) is 3.18. The van der Waals surface area contributed by atoms with Crippen LogP contribution in [0.15, 0.2) is 42.7 Å². The van der Waals surface area contributed by atoms with E-state index in [1.54, 1.807) is 12.3 Å². The number of hydrogen-bond donors (Lipinski definition) is 1. The van der Waals surface area contributed by atoms with Crippen LogP contribution in [0.25, 0.3) is 0 Å². The lowest BCUT2D eigenvalue weighted by atomic mass is 9.95. The molecule has 0 spiro atoms. The molecule has 2 aromatic rings. The van der Waals surface area contributed by atoms with Gasteiger partial charge in [-0.2, -0.15) is 0 Å². The maximum Gasteiger partial charge on any atom is 0.311 e. The summed E-state index contributed by atoms with van der Waals surface area (Å²) in [5.41, 5.74) is 1.78. The van der Waals surface area contributed by atoms with E-state index in [1.807, 2.05) is 12.3 Å². The lowest BCUT2D eigenvalue weighted by Crippen LogP contribution is -2.33. The van der Waals surface area contributed by atoms with Crippen molar-refractivity contribution in [1.82, 2.24) is 9.88 Å². The average Bonchev–Trinajstić information content (AvgIpc) is 2.57. The van der Waals surface area contributed by atoms with Crippen molar-refractivity contribution in [2.24, 2.45) is 0 Å². The highest BCUT2D eigenvalue weighted by atomic mass is 16.6. The molecular formula is C17H19N3O3. The first-order chi connectivity index (χ1) is 11.1. The van der Waals surface area contributed by atoms with Gasteiger partial charge in [0.1, 0.15) is 0 Å². The number of likely N-dealkylation sites (tertiary alicyclic amines) is 1. The van der Waals surface area contributed by atoms with Crippen LogP contribution >= 0.6 is 0 Å². The second kappa shape index (κ2) is 6.75. The lowest BCUT2D eigenvalue weighted by Gasteiger charge is -2.35. The third-order valence-electron chi connectivity index (χ3n) is 4.31. The van der Waals surface area contributed by atoms with E-state index in [9.17, 15) is 15.2 Å². The van der Waals surface area contributed by atoms with Gasteiger partial charge in [-0.3, -0.25) is 20.0 Å². The molecule has 1 aromatic heterocycles. The molecule has 1 atom stereocenters. The van der Waals surface area contributed by atoms with Gasteiger partial charge in [-0.05, 0) is 42.6 Å². The van der Waals surface area contributed by atoms with E-state index in [2.05, 4.69) is 16.0 Å². The Hall–Kier alpha value is -2.47. The predicted molar refractivity (Wildman–Crippen MR) is 86.0 cm³/mol. The summed E-state index contributed by atoms with van der Waals surface area (Å²) in [4.78, 5) is 17.0. The van der Waals surface area contributed by atoms with Gasteiger partial charge in [-0.15, -0.1) is 0 Å². The molecule has 3 rings (SSSR count). The summed E-state index contributed by atoms with van der Waals surface area (Å²) in [7, 11) is 0. The summed E-state index contributed by atoms with van der Waals surface area (Å²) >= 11 is 0. The molecule has 1 aromatic carbocycles. The summed E-state index contributed by atoms with van der Waals surface area (Å²) in [6.45, 7) is 1.58. The number of nitro benzene ring substituents is 1. The standard InChI is InChI=1S/C17H19N3O3/c21-17-7-6-13(10-16(17)20(22)23)12-19-9-2-1-5-15(19)14-4-3-8-18-11-14/h3-4,6-8,10-11,15,21H,1-2,5,9,12H2/t15-/m1/s1. The summed E-state index contributed by atoms with van der Waals surface area (Å²) in [6.07, 6.45) is 7.01. The van der Waals surface area contributed by atoms with Crippen molar-refractivity contribution < 1.29 is 10.0 Å². The van der Waals surface area contributed by atoms with Gasteiger partial charge in [0.05, 0.1) is 4.92 Å². The number of phenols is 1. The third-order valence-corrected chi connectivity index (χ3v) is 4.31. The van der Waals surface area contributed by atoms with Gasteiger partial charge in [0, 0.05) is 31.0 Å². The van der Waals surface area contributed by atoms with E-state index in [0.29, 0.717) is 6.54 Å². The molecular weight excluding hydrogens is 294 g/mol. The van der Waals surface area contributed by atoms with E-state index >= 15 is 0 Å². The van der Waals surface area contributed by atoms with Crippen LogP contribution in [0.1, 0.15) is 36.4 Å². The number of aromatic hydroxyl groups is 1. The summed E-state index contributed by atoms with van der Waals surface area (Å²) in [5, 5.41) is 20.6. The van der Waals surface area contributed by atoms with Crippen LogP contribution in [0.2, 0.25) is 0 Å². The smallest absolute Gasteiger partial charge is 0.311 e. The molecule has 6 heteroatoms. The van der Waals surface area contributed by atoms with Gasteiger partial charge in [0.2, 0.25) is 0 Å². The quantitative estimate of drug-likeness (QED) is 0.691. The number of rotatable bonds is 4. The molecule has 23 heavy (non-hydrogen) atoms. The number of piperidine rings is 1. The summed E-state index contributed by atoms with van der Waals surface area (Å²) in [6, 6.07) is 8.91. The van der Waals surface area contributed by atoms with Crippen molar-refractivity contribution in [1.29, 1.82) is 0 Å². The van der Waals surface area contributed by atoms with Crippen LogP contribution in [-0.2, 0) is 6.54 Å². The van der Waals surface area contributed by atoms with Crippen molar-refractivity contribution in [3.63, 3.8) is 0 Å². The van der Waals surface area contributed by atoms with Crippen molar-refractivity contribution in [3.8, 4) is 5.75 Å². The van der Waals surface area contributed by atoms with Crippen molar-refractivity contribution in [3.05, 3.63) is 64.0 Å². The Balaban J connectivity index is 1.82. The molecule has 1 aliphatic heterocycles. The molecule has 1 fully saturated rings. The minimum absolute atomic E-state index is 0.238. The zero-order valence-corrected chi connectivity index (χ0v) is 12.8. The van der Waals surface area contributed by atoms with Crippen LogP contribution in [-0.4, -0.2) is 26.5 Å².